The predicted molar refractivity (Wildman–Crippen MR) is 97.3 cm³/mol. The van der Waals surface area contributed by atoms with Gasteiger partial charge < -0.3 is 15.0 Å². The summed E-state index contributed by atoms with van der Waals surface area (Å²) in [5.41, 5.74) is 1.12. The van der Waals surface area contributed by atoms with E-state index < -0.39 is 6.04 Å². The van der Waals surface area contributed by atoms with Gasteiger partial charge in [0.15, 0.2) is 6.61 Å². The number of likely N-dealkylation sites (N-methyl/N-ethyl adjacent to an activating group) is 1. The highest BCUT2D eigenvalue weighted by Gasteiger charge is 2.25. The van der Waals surface area contributed by atoms with Crippen LogP contribution in [0.2, 0.25) is 0 Å². The van der Waals surface area contributed by atoms with Gasteiger partial charge in [-0.15, -0.1) is 0 Å². The highest BCUT2D eigenvalue weighted by atomic mass is 16.5. The number of para-hydroxylation sites is 1. The van der Waals surface area contributed by atoms with Gasteiger partial charge in [-0.3, -0.25) is 9.59 Å². The molecular formula is C20H24N2O3. The van der Waals surface area contributed by atoms with Gasteiger partial charge in [-0.25, -0.2) is 0 Å². The third-order valence-electron chi connectivity index (χ3n) is 4.00. The second kappa shape index (κ2) is 9.47. The summed E-state index contributed by atoms with van der Waals surface area (Å²) in [4.78, 5) is 26.2. The largest absolute Gasteiger partial charge is 0.484 e. The van der Waals surface area contributed by atoms with Crippen LogP contribution >= 0.6 is 0 Å². The van der Waals surface area contributed by atoms with E-state index in [2.05, 4.69) is 5.32 Å². The normalized spacial score (nSPS) is 11.4. The second-order valence-corrected chi connectivity index (χ2v) is 5.71. The highest BCUT2D eigenvalue weighted by molar-refractivity contribution is 5.87. The molecule has 0 heterocycles. The lowest BCUT2D eigenvalue weighted by molar-refractivity contribution is -0.141. The van der Waals surface area contributed by atoms with Crippen molar-refractivity contribution in [1.29, 1.82) is 0 Å². The van der Waals surface area contributed by atoms with E-state index in [4.69, 9.17) is 4.74 Å². The molecule has 0 saturated heterocycles. The Labute approximate surface area is 148 Å². The van der Waals surface area contributed by atoms with Crippen LogP contribution in [0.5, 0.6) is 5.75 Å². The van der Waals surface area contributed by atoms with E-state index in [1.165, 1.54) is 0 Å². The average Bonchev–Trinajstić information content (AvgIpc) is 2.67. The van der Waals surface area contributed by atoms with Gasteiger partial charge in [-0.1, -0.05) is 48.5 Å². The molecule has 0 radical (unpaired) electrons. The molecule has 0 spiro atoms. The Morgan fingerprint density at radius 1 is 1.04 bits per heavy atom. The summed E-state index contributed by atoms with van der Waals surface area (Å²) in [6.07, 6.45) is 0.680. The van der Waals surface area contributed by atoms with Gasteiger partial charge >= 0.3 is 0 Å². The fourth-order valence-electron chi connectivity index (χ4n) is 2.52. The van der Waals surface area contributed by atoms with Crippen molar-refractivity contribution in [2.24, 2.45) is 0 Å². The van der Waals surface area contributed by atoms with E-state index in [0.29, 0.717) is 18.7 Å². The Hall–Kier alpha value is -2.82. The van der Waals surface area contributed by atoms with E-state index >= 15 is 0 Å². The average molecular weight is 340 g/mol. The number of benzene rings is 2. The van der Waals surface area contributed by atoms with Crippen molar-refractivity contribution >= 4 is 11.8 Å². The number of ether oxygens (including phenoxy) is 1. The van der Waals surface area contributed by atoms with Gasteiger partial charge in [0.05, 0.1) is 0 Å². The molecule has 1 atom stereocenters. The van der Waals surface area contributed by atoms with Crippen LogP contribution in [0.3, 0.4) is 0 Å². The topological polar surface area (TPSA) is 58.6 Å². The molecule has 132 valence electrons. The molecule has 0 aromatic heterocycles. The number of hydrogen-bond acceptors (Lipinski definition) is 3. The molecule has 0 aliphatic carbocycles. The number of nitrogens with zero attached hydrogens (tertiary/aromatic N) is 1. The first-order chi connectivity index (χ1) is 12.1. The first-order valence-electron chi connectivity index (χ1n) is 8.34. The lowest BCUT2D eigenvalue weighted by atomic mass is 10.1. The lowest BCUT2D eigenvalue weighted by Gasteiger charge is -2.28. The Morgan fingerprint density at radius 3 is 2.24 bits per heavy atom. The fourth-order valence-corrected chi connectivity index (χ4v) is 2.52. The smallest absolute Gasteiger partial charge is 0.261 e. The molecule has 0 aliphatic rings. The van der Waals surface area contributed by atoms with Gasteiger partial charge in [0.25, 0.3) is 5.91 Å². The molecule has 1 unspecified atom stereocenters. The quantitative estimate of drug-likeness (QED) is 0.802. The van der Waals surface area contributed by atoms with Crippen molar-refractivity contribution in [2.75, 3.05) is 20.2 Å². The second-order valence-electron chi connectivity index (χ2n) is 5.71. The molecule has 5 heteroatoms. The maximum atomic E-state index is 12.6. The minimum atomic E-state index is -0.555. The van der Waals surface area contributed by atoms with Crippen molar-refractivity contribution in [1.82, 2.24) is 10.2 Å². The molecule has 2 amide bonds. The van der Waals surface area contributed by atoms with Crippen LogP contribution in [0.25, 0.3) is 0 Å². The first kappa shape index (κ1) is 18.5. The summed E-state index contributed by atoms with van der Waals surface area (Å²) in [5.74, 6) is 0.225. The van der Waals surface area contributed by atoms with Gasteiger partial charge in [-0.05, 0) is 31.0 Å². The zero-order valence-corrected chi connectivity index (χ0v) is 14.6. The van der Waals surface area contributed by atoms with E-state index in [-0.39, 0.29) is 18.4 Å². The highest BCUT2D eigenvalue weighted by Crippen LogP contribution is 2.10. The molecule has 1 N–H and O–H groups in total. The van der Waals surface area contributed by atoms with E-state index in [1.54, 1.807) is 31.0 Å². The third kappa shape index (κ3) is 5.64. The van der Waals surface area contributed by atoms with Crippen LogP contribution in [0.4, 0.5) is 0 Å². The Kier molecular flexibility index (Phi) is 7.01. The van der Waals surface area contributed by atoms with E-state index in [0.717, 1.165) is 5.56 Å². The van der Waals surface area contributed by atoms with Crippen LogP contribution in [0, 0.1) is 0 Å². The maximum Gasteiger partial charge on any atom is 0.261 e. The van der Waals surface area contributed by atoms with Crippen LogP contribution in [0.1, 0.15) is 12.5 Å². The van der Waals surface area contributed by atoms with E-state index in [9.17, 15) is 9.59 Å². The van der Waals surface area contributed by atoms with Crippen molar-refractivity contribution in [3.8, 4) is 5.75 Å². The van der Waals surface area contributed by atoms with Crippen LogP contribution in [-0.2, 0) is 16.0 Å². The number of carbonyl (C=O) groups is 2. The zero-order chi connectivity index (χ0) is 18.1. The van der Waals surface area contributed by atoms with Gasteiger partial charge in [0.2, 0.25) is 5.91 Å². The number of nitrogens with one attached hydrogen (secondary N) is 1. The number of amides is 2. The van der Waals surface area contributed by atoms with Crippen molar-refractivity contribution in [3.63, 3.8) is 0 Å². The molecule has 0 saturated carbocycles. The number of carbonyl (C=O) groups excluding carboxylic acids is 2. The molecule has 5 nitrogen and oxygen atoms in total. The maximum absolute atomic E-state index is 12.6. The monoisotopic (exact) mass is 340 g/mol. The van der Waals surface area contributed by atoms with E-state index in [1.807, 2.05) is 48.5 Å². The fraction of sp³-hybridized carbons (Fsp3) is 0.300. The Balaban J connectivity index is 2.01. The zero-order valence-electron chi connectivity index (χ0n) is 14.6. The molecule has 0 fully saturated rings. The van der Waals surface area contributed by atoms with Gasteiger partial charge in [-0.2, -0.15) is 0 Å². The summed E-state index contributed by atoms with van der Waals surface area (Å²) in [6.45, 7) is 2.08. The summed E-state index contributed by atoms with van der Waals surface area (Å²) >= 11 is 0. The molecule has 0 bridgehead atoms. The van der Waals surface area contributed by atoms with Gasteiger partial charge in [0, 0.05) is 13.6 Å². The SMILES string of the molecule is CNC(=O)C(C)N(CCc1ccccc1)C(=O)COc1ccccc1. The van der Waals surface area contributed by atoms with Crippen LogP contribution in [0.15, 0.2) is 60.7 Å². The molecule has 2 rings (SSSR count). The lowest BCUT2D eigenvalue weighted by Crippen LogP contribution is -2.49. The standard InChI is InChI=1S/C20H24N2O3/c1-16(20(24)21-2)22(14-13-17-9-5-3-6-10-17)19(23)15-25-18-11-7-4-8-12-18/h3-12,16H,13-15H2,1-2H3,(H,21,24). The third-order valence-corrected chi connectivity index (χ3v) is 4.00. The number of rotatable bonds is 8. The molecule has 2 aromatic carbocycles. The number of hydrogen-bond donors (Lipinski definition) is 1. The first-order valence-corrected chi connectivity index (χ1v) is 8.34. The molecule has 0 aliphatic heterocycles. The van der Waals surface area contributed by atoms with Crippen molar-refractivity contribution < 1.29 is 14.3 Å². The summed E-state index contributed by atoms with van der Waals surface area (Å²) in [5, 5.41) is 2.60. The molecular weight excluding hydrogens is 316 g/mol. The summed E-state index contributed by atoms with van der Waals surface area (Å²) in [7, 11) is 1.57. The van der Waals surface area contributed by atoms with Crippen LogP contribution < -0.4 is 10.1 Å². The summed E-state index contributed by atoms with van der Waals surface area (Å²) < 4.78 is 5.54. The molecule has 25 heavy (non-hydrogen) atoms. The summed E-state index contributed by atoms with van der Waals surface area (Å²) in [6, 6.07) is 18.5. The Morgan fingerprint density at radius 2 is 1.64 bits per heavy atom. The predicted octanol–water partition coefficient (Wildman–Crippen LogP) is 2.27. The molecule has 2 aromatic rings. The Bertz CT molecular complexity index is 674. The van der Waals surface area contributed by atoms with Crippen LogP contribution in [-0.4, -0.2) is 43.0 Å². The van der Waals surface area contributed by atoms with Crippen molar-refractivity contribution in [3.05, 3.63) is 66.2 Å². The minimum absolute atomic E-state index is 0.0971. The van der Waals surface area contributed by atoms with Gasteiger partial charge in [0.1, 0.15) is 11.8 Å². The van der Waals surface area contributed by atoms with Crippen molar-refractivity contribution in [2.45, 2.75) is 19.4 Å². The minimum Gasteiger partial charge on any atom is -0.484 e.